The van der Waals surface area contributed by atoms with Gasteiger partial charge in [-0.2, -0.15) is 0 Å². The third-order valence-corrected chi connectivity index (χ3v) is 2.37. The fraction of sp³-hybridized carbons (Fsp3) is 0.0769. The third kappa shape index (κ3) is 2.69. The number of benzene rings is 2. The van der Waals surface area contributed by atoms with Crippen LogP contribution in [0.25, 0.3) is 11.1 Å². The van der Waals surface area contributed by atoms with Crippen molar-refractivity contribution in [2.45, 2.75) is 5.02 Å². The fourth-order valence-corrected chi connectivity index (χ4v) is 1.71. The average molecular weight is 253 g/mol. The number of ether oxygens (including phenoxy) is 1. The molecule has 0 aromatic heterocycles. The van der Waals surface area contributed by atoms with Gasteiger partial charge in [-0.05, 0) is 11.6 Å². The van der Waals surface area contributed by atoms with Crippen molar-refractivity contribution in [1.29, 1.82) is 0 Å². The van der Waals surface area contributed by atoms with Crippen molar-refractivity contribution in [2.75, 3.05) is 0 Å². The number of rotatable bonds is 3. The lowest BCUT2D eigenvalue weighted by molar-refractivity contribution is 0.356. The number of hydrogen-bond donors (Lipinski definition) is 0. The lowest BCUT2D eigenvalue weighted by atomic mass is 10.1. The highest BCUT2D eigenvalue weighted by Crippen LogP contribution is 2.30. The molecule has 0 amide bonds. The Kier molecular flexibility index (Phi) is 3.70. The van der Waals surface area contributed by atoms with Gasteiger partial charge in [0.2, 0.25) is 5.02 Å². The molecule has 0 fully saturated rings. The number of para-hydroxylation sites is 1. The third-order valence-electron chi connectivity index (χ3n) is 2.19. The second-order valence-electron chi connectivity index (χ2n) is 3.24. The van der Waals surface area contributed by atoms with Gasteiger partial charge >= 0.3 is 0 Å². The Morgan fingerprint density at radius 1 is 0.812 bits per heavy atom. The van der Waals surface area contributed by atoms with Crippen LogP contribution in [0.3, 0.4) is 0 Å². The van der Waals surface area contributed by atoms with E-state index >= 15 is 0 Å². The maximum absolute atomic E-state index is 5.61. The minimum atomic E-state index is -0.857. The van der Waals surface area contributed by atoms with Crippen molar-refractivity contribution in [3.05, 3.63) is 54.6 Å². The maximum atomic E-state index is 5.61. The Morgan fingerprint density at radius 3 is 2.12 bits per heavy atom. The van der Waals surface area contributed by atoms with Crippen molar-refractivity contribution in [3.8, 4) is 16.9 Å². The van der Waals surface area contributed by atoms with Gasteiger partial charge in [-0.1, -0.05) is 71.7 Å². The number of halogens is 2. The first-order valence-electron chi connectivity index (χ1n) is 4.86. The molecule has 0 atom stereocenters. The predicted molar refractivity (Wildman–Crippen MR) is 68.0 cm³/mol. The molecule has 0 aliphatic heterocycles. The zero-order valence-electron chi connectivity index (χ0n) is 8.44. The molecule has 0 N–H and O–H groups in total. The number of alkyl halides is 2. The highest BCUT2D eigenvalue weighted by Gasteiger charge is 2.07. The molecule has 0 radical (unpaired) electrons. The molecule has 0 aliphatic rings. The van der Waals surface area contributed by atoms with Gasteiger partial charge in [-0.25, -0.2) is 0 Å². The summed E-state index contributed by atoms with van der Waals surface area (Å²) in [4.78, 5) is 0. The minimum Gasteiger partial charge on any atom is -0.460 e. The first-order valence-corrected chi connectivity index (χ1v) is 5.74. The number of hydrogen-bond acceptors (Lipinski definition) is 1. The Morgan fingerprint density at radius 2 is 1.44 bits per heavy atom. The van der Waals surface area contributed by atoms with Crippen LogP contribution in [0.2, 0.25) is 0 Å². The second kappa shape index (κ2) is 5.24. The minimum absolute atomic E-state index is 0.684. The predicted octanol–water partition coefficient (Wildman–Crippen LogP) is 4.49. The van der Waals surface area contributed by atoms with E-state index in [2.05, 4.69) is 0 Å². The van der Waals surface area contributed by atoms with E-state index in [1.54, 1.807) is 0 Å². The van der Waals surface area contributed by atoms with Crippen LogP contribution in [0.5, 0.6) is 5.75 Å². The van der Waals surface area contributed by atoms with Crippen LogP contribution in [-0.2, 0) is 0 Å². The Bertz CT molecular complexity index is 454. The van der Waals surface area contributed by atoms with Crippen LogP contribution < -0.4 is 4.74 Å². The lowest BCUT2D eigenvalue weighted by Crippen LogP contribution is -2.00. The largest absolute Gasteiger partial charge is 0.460 e. The molecule has 2 aromatic carbocycles. The van der Waals surface area contributed by atoms with Crippen LogP contribution in [0.1, 0.15) is 0 Å². The molecule has 0 bridgehead atoms. The molecular weight excluding hydrogens is 243 g/mol. The van der Waals surface area contributed by atoms with Crippen LogP contribution in [-0.4, -0.2) is 5.02 Å². The van der Waals surface area contributed by atoms with Gasteiger partial charge in [0.15, 0.2) is 0 Å². The quantitative estimate of drug-likeness (QED) is 0.732. The van der Waals surface area contributed by atoms with Crippen molar-refractivity contribution < 1.29 is 4.74 Å². The highest BCUT2D eigenvalue weighted by molar-refractivity contribution is 6.43. The van der Waals surface area contributed by atoms with Crippen molar-refractivity contribution in [3.63, 3.8) is 0 Å². The molecule has 0 heterocycles. The van der Waals surface area contributed by atoms with Gasteiger partial charge in [0.1, 0.15) is 5.75 Å². The molecule has 16 heavy (non-hydrogen) atoms. The smallest absolute Gasteiger partial charge is 0.247 e. The van der Waals surface area contributed by atoms with Gasteiger partial charge in [0.05, 0.1) is 0 Å². The molecule has 3 heteroatoms. The highest BCUT2D eigenvalue weighted by atomic mass is 35.5. The first kappa shape index (κ1) is 11.3. The van der Waals surface area contributed by atoms with Gasteiger partial charge < -0.3 is 4.74 Å². The van der Waals surface area contributed by atoms with E-state index in [1.165, 1.54) is 0 Å². The summed E-state index contributed by atoms with van der Waals surface area (Å²) in [5, 5.41) is -0.857. The van der Waals surface area contributed by atoms with Crippen LogP contribution >= 0.6 is 23.2 Å². The molecule has 2 aromatic rings. The standard InChI is InChI=1S/C13H10Cl2O/c14-13(15)16-12-9-5-4-8-11(12)10-6-2-1-3-7-10/h1-9,13H. The van der Waals surface area contributed by atoms with Crippen LogP contribution in [0.15, 0.2) is 54.6 Å². The van der Waals surface area contributed by atoms with E-state index < -0.39 is 5.02 Å². The van der Waals surface area contributed by atoms with Gasteiger partial charge in [0, 0.05) is 5.56 Å². The van der Waals surface area contributed by atoms with Crippen LogP contribution in [0, 0.1) is 0 Å². The van der Waals surface area contributed by atoms with Gasteiger partial charge in [-0.15, -0.1) is 0 Å². The summed E-state index contributed by atoms with van der Waals surface area (Å²) < 4.78 is 5.33. The molecular formula is C13H10Cl2O. The molecule has 0 aliphatic carbocycles. The molecule has 0 saturated carbocycles. The second-order valence-corrected chi connectivity index (χ2v) is 4.26. The zero-order valence-corrected chi connectivity index (χ0v) is 9.95. The van der Waals surface area contributed by atoms with Gasteiger partial charge in [-0.3, -0.25) is 0 Å². The summed E-state index contributed by atoms with van der Waals surface area (Å²) in [5.41, 5.74) is 2.06. The Balaban J connectivity index is 2.41. The first-order chi connectivity index (χ1) is 7.77. The maximum Gasteiger partial charge on any atom is 0.247 e. The summed E-state index contributed by atoms with van der Waals surface area (Å²) in [6.45, 7) is 0. The molecule has 82 valence electrons. The van der Waals surface area contributed by atoms with E-state index in [4.69, 9.17) is 27.9 Å². The SMILES string of the molecule is ClC(Cl)Oc1ccccc1-c1ccccc1. The lowest BCUT2D eigenvalue weighted by Gasteiger charge is -2.11. The summed E-state index contributed by atoms with van der Waals surface area (Å²) in [5.74, 6) is 0.684. The van der Waals surface area contributed by atoms with Gasteiger partial charge in [0.25, 0.3) is 0 Å². The van der Waals surface area contributed by atoms with E-state index in [0.29, 0.717) is 5.75 Å². The molecule has 0 spiro atoms. The molecule has 0 unspecified atom stereocenters. The van der Waals surface area contributed by atoms with E-state index in [1.807, 2.05) is 54.6 Å². The van der Waals surface area contributed by atoms with E-state index in [9.17, 15) is 0 Å². The van der Waals surface area contributed by atoms with Crippen molar-refractivity contribution >= 4 is 23.2 Å². The zero-order chi connectivity index (χ0) is 11.4. The normalized spacial score (nSPS) is 10.4. The topological polar surface area (TPSA) is 9.23 Å². The average Bonchev–Trinajstić information content (AvgIpc) is 2.30. The molecule has 1 nitrogen and oxygen atoms in total. The van der Waals surface area contributed by atoms with Crippen molar-refractivity contribution in [2.24, 2.45) is 0 Å². The Hall–Kier alpha value is -1.18. The fourth-order valence-electron chi connectivity index (χ4n) is 1.52. The summed E-state index contributed by atoms with van der Waals surface area (Å²) in [7, 11) is 0. The van der Waals surface area contributed by atoms with E-state index in [-0.39, 0.29) is 0 Å². The van der Waals surface area contributed by atoms with Crippen molar-refractivity contribution in [1.82, 2.24) is 0 Å². The molecule has 0 saturated heterocycles. The van der Waals surface area contributed by atoms with Crippen LogP contribution in [0.4, 0.5) is 0 Å². The summed E-state index contributed by atoms with van der Waals surface area (Å²) in [6.07, 6.45) is 0. The Labute approximate surface area is 105 Å². The van der Waals surface area contributed by atoms with E-state index in [0.717, 1.165) is 11.1 Å². The summed E-state index contributed by atoms with van der Waals surface area (Å²) in [6, 6.07) is 17.6. The molecule has 2 rings (SSSR count). The summed E-state index contributed by atoms with van der Waals surface area (Å²) >= 11 is 11.2. The monoisotopic (exact) mass is 252 g/mol.